The Morgan fingerprint density at radius 2 is 1.78 bits per heavy atom. The van der Waals surface area contributed by atoms with Crippen molar-refractivity contribution in [3.05, 3.63) is 60.8 Å². The number of benzene rings is 1. The molecule has 1 aromatic carbocycles. The standard InChI is InChI=1S/C19H20N6O2/c1-27-16-4-2-15(3-5-16)23-10-12-24(13-11-23)19(26)17-6-7-18(22-21-17)25-9-8-20-14-25/h2-9,14H,10-13H2,1H3. The van der Waals surface area contributed by atoms with Crippen LogP contribution < -0.4 is 9.64 Å². The minimum atomic E-state index is -0.0888. The van der Waals surface area contributed by atoms with Crippen molar-refractivity contribution in [3.8, 4) is 11.6 Å². The lowest BCUT2D eigenvalue weighted by Gasteiger charge is -2.36. The SMILES string of the molecule is COc1ccc(N2CCN(C(=O)c3ccc(-n4ccnc4)nn3)CC2)cc1. The highest BCUT2D eigenvalue weighted by molar-refractivity contribution is 5.92. The molecule has 0 aliphatic carbocycles. The van der Waals surface area contributed by atoms with Crippen LogP contribution in [0.2, 0.25) is 0 Å². The average Bonchev–Trinajstić information content (AvgIpc) is 3.28. The quantitative estimate of drug-likeness (QED) is 0.700. The Balaban J connectivity index is 1.38. The van der Waals surface area contributed by atoms with Crippen molar-refractivity contribution in [1.29, 1.82) is 0 Å². The second-order valence-corrected chi connectivity index (χ2v) is 6.22. The van der Waals surface area contributed by atoms with Crippen LogP contribution in [-0.4, -0.2) is 63.8 Å². The smallest absolute Gasteiger partial charge is 0.274 e. The average molecular weight is 364 g/mol. The van der Waals surface area contributed by atoms with Gasteiger partial charge in [0.05, 0.1) is 7.11 Å². The summed E-state index contributed by atoms with van der Waals surface area (Å²) in [7, 11) is 1.66. The first-order valence-corrected chi connectivity index (χ1v) is 8.75. The Bertz CT molecular complexity index is 885. The Morgan fingerprint density at radius 3 is 2.37 bits per heavy atom. The molecule has 0 bridgehead atoms. The van der Waals surface area contributed by atoms with Crippen molar-refractivity contribution in [2.24, 2.45) is 0 Å². The highest BCUT2D eigenvalue weighted by atomic mass is 16.5. The Labute approximate surface area is 157 Å². The molecule has 1 aliphatic rings. The molecule has 2 aromatic heterocycles. The number of ether oxygens (including phenoxy) is 1. The van der Waals surface area contributed by atoms with Crippen LogP contribution in [0.3, 0.4) is 0 Å². The molecule has 0 atom stereocenters. The molecule has 0 radical (unpaired) electrons. The first kappa shape index (κ1) is 17.0. The third-order valence-corrected chi connectivity index (χ3v) is 4.64. The molecule has 8 nitrogen and oxygen atoms in total. The molecular weight excluding hydrogens is 344 g/mol. The zero-order valence-corrected chi connectivity index (χ0v) is 15.0. The molecule has 0 unspecified atom stereocenters. The molecule has 1 fully saturated rings. The van der Waals surface area contributed by atoms with Crippen LogP contribution in [0.4, 0.5) is 5.69 Å². The lowest BCUT2D eigenvalue weighted by Crippen LogP contribution is -2.49. The van der Waals surface area contributed by atoms with Gasteiger partial charge in [-0.25, -0.2) is 4.98 Å². The summed E-state index contributed by atoms with van der Waals surface area (Å²) in [6.07, 6.45) is 5.09. The maximum absolute atomic E-state index is 12.7. The third-order valence-electron chi connectivity index (χ3n) is 4.64. The molecule has 3 aromatic rings. The fraction of sp³-hybridized carbons (Fsp3) is 0.263. The second-order valence-electron chi connectivity index (χ2n) is 6.22. The zero-order valence-electron chi connectivity index (χ0n) is 15.0. The maximum Gasteiger partial charge on any atom is 0.274 e. The summed E-state index contributed by atoms with van der Waals surface area (Å²) < 4.78 is 6.94. The summed E-state index contributed by atoms with van der Waals surface area (Å²) in [5.74, 6) is 1.38. The number of hydrogen-bond acceptors (Lipinski definition) is 6. The number of aromatic nitrogens is 4. The minimum absolute atomic E-state index is 0.0888. The number of rotatable bonds is 4. The molecule has 27 heavy (non-hydrogen) atoms. The third kappa shape index (κ3) is 3.59. The van der Waals surface area contributed by atoms with Gasteiger partial charge in [-0.3, -0.25) is 9.36 Å². The summed E-state index contributed by atoms with van der Waals surface area (Å²) in [5.41, 5.74) is 1.49. The van der Waals surface area contributed by atoms with Crippen molar-refractivity contribution in [1.82, 2.24) is 24.6 Å². The van der Waals surface area contributed by atoms with E-state index >= 15 is 0 Å². The molecule has 138 valence electrons. The molecule has 0 saturated carbocycles. The molecule has 0 N–H and O–H groups in total. The van der Waals surface area contributed by atoms with Crippen LogP contribution >= 0.6 is 0 Å². The van der Waals surface area contributed by atoms with Gasteiger partial charge in [-0.15, -0.1) is 10.2 Å². The molecule has 0 spiro atoms. The van der Waals surface area contributed by atoms with Gasteiger partial charge < -0.3 is 14.5 Å². The summed E-state index contributed by atoms with van der Waals surface area (Å²) in [4.78, 5) is 20.8. The normalized spacial score (nSPS) is 14.3. The van der Waals surface area contributed by atoms with Crippen molar-refractivity contribution in [2.75, 3.05) is 38.2 Å². The number of nitrogens with zero attached hydrogens (tertiary/aromatic N) is 6. The molecule has 8 heteroatoms. The summed E-state index contributed by atoms with van der Waals surface area (Å²) in [6.45, 7) is 2.85. The minimum Gasteiger partial charge on any atom is -0.497 e. The van der Waals surface area contributed by atoms with Gasteiger partial charge in [0.2, 0.25) is 0 Å². The van der Waals surface area contributed by atoms with E-state index in [1.807, 2.05) is 29.2 Å². The van der Waals surface area contributed by atoms with E-state index in [9.17, 15) is 4.79 Å². The first-order chi connectivity index (χ1) is 13.2. The number of amides is 1. The van der Waals surface area contributed by atoms with Gasteiger partial charge in [-0.1, -0.05) is 0 Å². The highest BCUT2D eigenvalue weighted by Crippen LogP contribution is 2.21. The molecule has 4 rings (SSSR count). The van der Waals surface area contributed by atoms with Crippen LogP contribution in [-0.2, 0) is 0 Å². The molecule has 1 saturated heterocycles. The molecule has 1 aliphatic heterocycles. The summed E-state index contributed by atoms with van der Waals surface area (Å²) in [5, 5.41) is 8.21. The summed E-state index contributed by atoms with van der Waals surface area (Å²) in [6, 6.07) is 11.5. The lowest BCUT2D eigenvalue weighted by atomic mass is 10.2. The predicted molar refractivity (Wildman–Crippen MR) is 100 cm³/mol. The predicted octanol–water partition coefficient (Wildman–Crippen LogP) is 1.63. The monoisotopic (exact) mass is 364 g/mol. The second kappa shape index (κ2) is 7.45. The van der Waals surface area contributed by atoms with E-state index in [1.54, 1.807) is 42.5 Å². The van der Waals surface area contributed by atoms with E-state index in [0.29, 0.717) is 24.6 Å². The maximum atomic E-state index is 12.7. The molecule has 3 heterocycles. The number of carbonyl (C=O) groups is 1. The number of hydrogen-bond donors (Lipinski definition) is 0. The van der Waals surface area contributed by atoms with E-state index in [2.05, 4.69) is 20.1 Å². The van der Waals surface area contributed by atoms with Gasteiger partial charge in [-0.05, 0) is 36.4 Å². The first-order valence-electron chi connectivity index (χ1n) is 8.75. The van der Waals surface area contributed by atoms with Gasteiger partial charge in [-0.2, -0.15) is 0 Å². The number of methoxy groups -OCH3 is 1. The summed E-state index contributed by atoms with van der Waals surface area (Å²) >= 11 is 0. The van der Waals surface area contributed by atoms with E-state index in [4.69, 9.17) is 4.74 Å². The van der Waals surface area contributed by atoms with Gasteiger partial charge in [0.25, 0.3) is 5.91 Å². The van der Waals surface area contributed by atoms with Crippen molar-refractivity contribution in [2.45, 2.75) is 0 Å². The lowest BCUT2D eigenvalue weighted by molar-refractivity contribution is 0.0739. The van der Waals surface area contributed by atoms with E-state index in [0.717, 1.165) is 24.5 Å². The van der Waals surface area contributed by atoms with Crippen molar-refractivity contribution in [3.63, 3.8) is 0 Å². The van der Waals surface area contributed by atoms with Crippen LogP contribution in [0, 0.1) is 0 Å². The fourth-order valence-corrected chi connectivity index (χ4v) is 3.09. The largest absolute Gasteiger partial charge is 0.497 e. The topological polar surface area (TPSA) is 76.4 Å². The van der Waals surface area contributed by atoms with Crippen molar-refractivity contribution >= 4 is 11.6 Å². The number of piperazine rings is 1. The Kier molecular flexibility index (Phi) is 4.69. The van der Waals surface area contributed by atoms with E-state index in [-0.39, 0.29) is 5.91 Å². The van der Waals surface area contributed by atoms with Gasteiger partial charge in [0.1, 0.15) is 12.1 Å². The molecular formula is C19H20N6O2. The van der Waals surface area contributed by atoms with Gasteiger partial charge >= 0.3 is 0 Å². The number of imidazole rings is 1. The van der Waals surface area contributed by atoms with Crippen LogP contribution in [0.15, 0.2) is 55.1 Å². The molecule has 1 amide bonds. The van der Waals surface area contributed by atoms with Gasteiger partial charge in [0.15, 0.2) is 11.5 Å². The van der Waals surface area contributed by atoms with Gasteiger partial charge in [0, 0.05) is 44.3 Å². The van der Waals surface area contributed by atoms with E-state index < -0.39 is 0 Å². The van der Waals surface area contributed by atoms with Crippen LogP contribution in [0.1, 0.15) is 10.5 Å². The van der Waals surface area contributed by atoms with E-state index in [1.165, 1.54) is 0 Å². The van der Waals surface area contributed by atoms with Crippen LogP contribution in [0.25, 0.3) is 5.82 Å². The fourth-order valence-electron chi connectivity index (χ4n) is 3.09. The Morgan fingerprint density at radius 1 is 1.00 bits per heavy atom. The number of anilines is 1. The Hall–Kier alpha value is -3.42. The van der Waals surface area contributed by atoms with Crippen molar-refractivity contribution < 1.29 is 9.53 Å². The zero-order chi connectivity index (χ0) is 18.6. The highest BCUT2D eigenvalue weighted by Gasteiger charge is 2.23. The van der Waals surface area contributed by atoms with Crippen LogP contribution in [0.5, 0.6) is 5.75 Å². The number of carbonyl (C=O) groups excluding carboxylic acids is 1.